The fourth-order valence-electron chi connectivity index (χ4n) is 2.99. The molecular formula is C13H28N2O2. The molecule has 4 nitrogen and oxygen atoms in total. The Morgan fingerprint density at radius 2 is 1.94 bits per heavy atom. The first-order valence-electron chi connectivity index (χ1n) is 6.62. The molecule has 102 valence electrons. The SMILES string of the molecule is COC(OC)C(C)(CN)N1CCCCCC1C. The van der Waals surface area contributed by atoms with E-state index >= 15 is 0 Å². The Morgan fingerprint density at radius 3 is 2.47 bits per heavy atom. The number of likely N-dealkylation sites (tertiary alicyclic amines) is 1. The summed E-state index contributed by atoms with van der Waals surface area (Å²) in [6.45, 7) is 6.05. The number of hydrogen-bond acceptors (Lipinski definition) is 4. The second-order valence-electron chi connectivity index (χ2n) is 5.26. The largest absolute Gasteiger partial charge is 0.354 e. The minimum atomic E-state index is -0.270. The van der Waals surface area contributed by atoms with Gasteiger partial charge in [0.1, 0.15) is 0 Å². The topological polar surface area (TPSA) is 47.7 Å². The van der Waals surface area contributed by atoms with Crippen LogP contribution in [0.1, 0.15) is 39.5 Å². The highest BCUT2D eigenvalue weighted by atomic mass is 16.7. The molecule has 0 spiro atoms. The normalized spacial score (nSPS) is 26.8. The van der Waals surface area contributed by atoms with E-state index < -0.39 is 0 Å². The Morgan fingerprint density at radius 1 is 1.29 bits per heavy atom. The average Bonchev–Trinajstić information content (AvgIpc) is 2.55. The maximum atomic E-state index is 6.00. The summed E-state index contributed by atoms with van der Waals surface area (Å²) < 4.78 is 10.9. The fourth-order valence-corrected chi connectivity index (χ4v) is 2.99. The van der Waals surface area contributed by atoms with Crippen molar-refractivity contribution in [2.75, 3.05) is 27.3 Å². The van der Waals surface area contributed by atoms with Crippen LogP contribution in [0.3, 0.4) is 0 Å². The van der Waals surface area contributed by atoms with Gasteiger partial charge >= 0.3 is 0 Å². The van der Waals surface area contributed by atoms with Gasteiger partial charge < -0.3 is 15.2 Å². The van der Waals surface area contributed by atoms with Crippen molar-refractivity contribution >= 4 is 0 Å². The van der Waals surface area contributed by atoms with Gasteiger partial charge in [0.15, 0.2) is 6.29 Å². The molecule has 17 heavy (non-hydrogen) atoms. The molecule has 0 bridgehead atoms. The molecule has 1 saturated heterocycles. The first-order chi connectivity index (χ1) is 8.10. The molecule has 0 radical (unpaired) electrons. The zero-order valence-corrected chi connectivity index (χ0v) is 11.7. The van der Waals surface area contributed by atoms with Crippen molar-refractivity contribution in [1.82, 2.24) is 4.90 Å². The molecule has 1 fully saturated rings. The molecule has 1 heterocycles. The third-order valence-electron chi connectivity index (χ3n) is 4.06. The summed E-state index contributed by atoms with van der Waals surface area (Å²) >= 11 is 0. The van der Waals surface area contributed by atoms with Crippen molar-refractivity contribution < 1.29 is 9.47 Å². The number of methoxy groups -OCH3 is 2. The highest BCUT2D eigenvalue weighted by molar-refractivity contribution is 4.94. The lowest BCUT2D eigenvalue weighted by atomic mass is 9.96. The molecule has 0 aromatic heterocycles. The third kappa shape index (κ3) is 3.19. The molecule has 0 amide bonds. The van der Waals surface area contributed by atoms with E-state index in [-0.39, 0.29) is 11.8 Å². The van der Waals surface area contributed by atoms with Gasteiger partial charge in [-0.05, 0) is 33.2 Å². The minimum absolute atomic E-state index is 0.243. The lowest BCUT2D eigenvalue weighted by molar-refractivity contribution is -0.187. The van der Waals surface area contributed by atoms with Crippen LogP contribution in [-0.4, -0.2) is 50.1 Å². The summed E-state index contributed by atoms with van der Waals surface area (Å²) in [4.78, 5) is 2.47. The van der Waals surface area contributed by atoms with Gasteiger partial charge in [-0.2, -0.15) is 0 Å². The van der Waals surface area contributed by atoms with Gasteiger partial charge in [-0.15, -0.1) is 0 Å². The second kappa shape index (κ2) is 6.69. The molecule has 2 unspecified atom stereocenters. The minimum Gasteiger partial charge on any atom is -0.354 e. The van der Waals surface area contributed by atoms with E-state index in [9.17, 15) is 0 Å². The molecule has 4 heteroatoms. The van der Waals surface area contributed by atoms with E-state index in [2.05, 4.69) is 18.7 Å². The molecule has 0 aliphatic carbocycles. The Bertz CT molecular complexity index is 221. The lowest BCUT2D eigenvalue weighted by Gasteiger charge is -2.46. The van der Waals surface area contributed by atoms with Gasteiger partial charge in [0, 0.05) is 26.8 Å². The van der Waals surface area contributed by atoms with Crippen molar-refractivity contribution in [2.24, 2.45) is 5.73 Å². The van der Waals surface area contributed by atoms with E-state index in [1.807, 2.05) is 0 Å². The molecule has 1 aliphatic heterocycles. The maximum Gasteiger partial charge on any atom is 0.176 e. The van der Waals surface area contributed by atoms with Gasteiger partial charge in [0.2, 0.25) is 0 Å². The van der Waals surface area contributed by atoms with Crippen LogP contribution in [0.5, 0.6) is 0 Å². The van der Waals surface area contributed by atoms with Crippen LogP contribution < -0.4 is 5.73 Å². The Hall–Kier alpha value is -0.160. The molecule has 1 rings (SSSR count). The number of rotatable bonds is 5. The van der Waals surface area contributed by atoms with Crippen LogP contribution >= 0.6 is 0 Å². The Kier molecular flexibility index (Phi) is 5.86. The highest BCUT2D eigenvalue weighted by Gasteiger charge is 2.41. The molecule has 2 atom stereocenters. The molecule has 2 N–H and O–H groups in total. The second-order valence-corrected chi connectivity index (χ2v) is 5.26. The summed E-state index contributed by atoms with van der Waals surface area (Å²) in [7, 11) is 3.37. The van der Waals surface area contributed by atoms with Crippen molar-refractivity contribution in [2.45, 2.75) is 57.4 Å². The lowest BCUT2D eigenvalue weighted by Crippen LogP contribution is -2.62. The summed E-state index contributed by atoms with van der Waals surface area (Å²) in [5.41, 5.74) is 5.76. The van der Waals surface area contributed by atoms with Gasteiger partial charge in [-0.3, -0.25) is 4.90 Å². The van der Waals surface area contributed by atoms with Crippen LogP contribution in [0, 0.1) is 0 Å². The molecule has 0 aromatic rings. The predicted octanol–water partition coefficient (Wildman–Crippen LogP) is 1.59. The summed E-state index contributed by atoms with van der Waals surface area (Å²) in [5.74, 6) is 0. The van der Waals surface area contributed by atoms with Crippen molar-refractivity contribution in [3.63, 3.8) is 0 Å². The zero-order chi connectivity index (χ0) is 12.9. The third-order valence-corrected chi connectivity index (χ3v) is 4.06. The summed E-state index contributed by atoms with van der Waals surface area (Å²) in [6.07, 6.45) is 4.82. The monoisotopic (exact) mass is 244 g/mol. The van der Waals surface area contributed by atoms with Gasteiger partial charge in [0.05, 0.1) is 5.54 Å². The van der Waals surface area contributed by atoms with Crippen LogP contribution in [0.2, 0.25) is 0 Å². The highest BCUT2D eigenvalue weighted by Crippen LogP contribution is 2.28. The van der Waals surface area contributed by atoms with E-state index in [1.54, 1.807) is 14.2 Å². The van der Waals surface area contributed by atoms with Crippen molar-refractivity contribution in [3.05, 3.63) is 0 Å². The smallest absolute Gasteiger partial charge is 0.176 e. The van der Waals surface area contributed by atoms with E-state index in [0.29, 0.717) is 12.6 Å². The van der Waals surface area contributed by atoms with Crippen molar-refractivity contribution in [1.29, 1.82) is 0 Å². The quantitative estimate of drug-likeness (QED) is 0.746. The number of nitrogens with zero attached hydrogens (tertiary/aromatic N) is 1. The standard InChI is InChI=1S/C13H28N2O2/c1-11-8-6-5-7-9-15(11)13(2,10-14)12(16-3)17-4/h11-12H,5-10,14H2,1-4H3. The molecule has 0 saturated carbocycles. The number of ether oxygens (including phenoxy) is 2. The predicted molar refractivity (Wildman–Crippen MR) is 69.9 cm³/mol. The summed E-state index contributed by atoms with van der Waals surface area (Å²) in [6, 6.07) is 0.541. The molecule has 0 aromatic carbocycles. The zero-order valence-electron chi connectivity index (χ0n) is 11.7. The van der Waals surface area contributed by atoms with Crippen LogP contribution in [0.4, 0.5) is 0 Å². The van der Waals surface area contributed by atoms with Crippen LogP contribution in [0.25, 0.3) is 0 Å². The van der Waals surface area contributed by atoms with E-state index in [0.717, 1.165) is 6.54 Å². The summed E-state index contributed by atoms with van der Waals surface area (Å²) in [5, 5.41) is 0. The van der Waals surface area contributed by atoms with Crippen LogP contribution in [-0.2, 0) is 9.47 Å². The molecular weight excluding hydrogens is 216 g/mol. The number of hydrogen-bond donors (Lipinski definition) is 1. The fraction of sp³-hybridized carbons (Fsp3) is 1.00. The van der Waals surface area contributed by atoms with Crippen LogP contribution in [0.15, 0.2) is 0 Å². The van der Waals surface area contributed by atoms with Gasteiger partial charge in [0.25, 0.3) is 0 Å². The van der Waals surface area contributed by atoms with E-state index in [1.165, 1.54) is 25.7 Å². The van der Waals surface area contributed by atoms with Gasteiger partial charge in [-0.25, -0.2) is 0 Å². The van der Waals surface area contributed by atoms with E-state index in [4.69, 9.17) is 15.2 Å². The maximum absolute atomic E-state index is 6.00. The Labute approximate surface area is 105 Å². The van der Waals surface area contributed by atoms with Gasteiger partial charge in [-0.1, -0.05) is 12.8 Å². The average molecular weight is 244 g/mol. The molecule has 1 aliphatic rings. The van der Waals surface area contributed by atoms with Crippen molar-refractivity contribution in [3.8, 4) is 0 Å². The first-order valence-corrected chi connectivity index (χ1v) is 6.62. The first kappa shape index (κ1) is 14.9. The number of nitrogens with two attached hydrogens (primary N) is 1. The Balaban J connectivity index is 2.88.